The highest BCUT2D eigenvalue weighted by Crippen LogP contribution is 2.42. The van der Waals surface area contributed by atoms with Gasteiger partial charge in [-0.05, 0) is 53.6 Å². The van der Waals surface area contributed by atoms with E-state index in [1.165, 1.54) is 16.7 Å². The fourth-order valence-electron chi connectivity index (χ4n) is 3.58. The zero-order valence-corrected chi connectivity index (χ0v) is 15.2. The quantitative estimate of drug-likeness (QED) is 0.736. The van der Waals surface area contributed by atoms with Crippen LogP contribution in [0, 0.1) is 0 Å². The first-order valence-corrected chi connectivity index (χ1v) is 8.96. The van der Waals surface area contributed by atoms with E-state index in [-0.39, 0.29) is 6.10 Å². The van der Waals surface area contributed by atoms with Gasteiger partial charge >= 0.3 is 0 Å². The summed E-state index contributed by atoms with van der Waals surface area (Å²) >= 11 is 0. The minimum atomic E-state index is 0.172. The van der Waals surface area contributed by atoms with Gasteiger partial charge in [0.25, 0.3) is 0 Å². The van der Waals surface area contributed by atoms with Crippen LogP contribution in [0.2, 0.25) is 0 Å². The van der Waals surface area contributed by atoms with Crippen molar-refractivity contribution in [3.8, 4) is 33.8 Å². The molecule has 0 fully saturated rings. The number of ether oxygens (including phenoxy) is 2. The van der Waals surface area contributed by atoms with Gasteiger partial charge < -0.3 is 14.8 Å². The van der Waals surface area contributed by atoms with Crippen molar-refractivity contribution in [2.45, 2.75) is 12.5 Å². The summed E-state index contributed by atoms with van der Waals surface area (Å²) in [5.74, 6) is 1.85. The number of nitrogens with one attached hydrogen (secondary N) is 1. The monoisotopic (exact) mass is 345 g/mol. The molecule has 0 spiro atoms. The van der Waals surface area contributed by atoms with Gasteiger partial charge in [0.05, 0.1) is 7.11 Å². The second kappa shape index (κ2) is 7.22. The summed E-state index contributed by atoms with van der Waals surface area (Å²) in [4.78, 5) is 0. The molecule has 1 heterocycles. The Kier molecular flexibility index (Phi) is 4.63. The maximum absolute atomic E-state index is 6.29. The molecule has 3 aromatic carbocycles. The molecule has 1 aliphatic rings. The SMILES string of the molecule is CNCC1Cc2cc(-c3ccccc3)cc(-c3cccc(OC)c3)c2O1. The van der Waals surface area contributed by atoms with Crippen LogP contribution in [-0.4, -0.2) is 26.8 Å². The Morgan fingerprint density at radius 3 is 2.54 bits per heavy atom. The lowest BCUT2D eigenvalue weighted by atomic mass is 9.94. The molecule has 0 radical (unpaired) electrons. The van der Waals surface area contributed by atoms with E-state index < -0.39 is 0 Å². The molecule has 0 saturated carbocycles. The second-order valence-corrected chi connectivity index (χ2v) is 6.61. The van der Waals surface area contributed by atoms with E-state index >= 15 is 0 Å². The van der Waals surface area contributed by atoms with Crippen LogP contribution < -0.4 is 14.8 Å². The molecule has 0 amide bonds. The Bertz CT molecular complexity index is 905. The largest absolute Gasteiger partial charge is 0.497 e. The van der Waals surface area contributed by atoms with Crippen molar-refractivity contribution in [3.63, 3.8) is 0 Å². The highest BCUT2D eigenvalue weighted by Gasteiger charge is 2.26. The predicted octanol–water partition coefficient (Wildman–Crippen LogP) is 4.55. The summed E-state index contributed by atoms with van der Waals surface area (Å²) in [6, 6.07) is 23.2. The number of rotatable bonds is 5. The summed E-state index contributed by atoms with van der Waals surface area (Å²) in [7, 11) is 3.66. The number of hydrogen-bond acceptors (Lipinski definition) is 3. The van der Waals surface area contributed by atoms with Crippen LogP contribution in [0.5, 0.6) is 11.5 Å². The predicted molar refractivity (Wildman–Crippen MR) is 106 cm³/mol. The molecule has 3 heteroatoms. The number of fused-ring (bicyclic) bond motifs is 1. The summed E-state index contributed by atoms with van der Waals surface area (Å²) in [6.45, 7) is 0.840. The average molecular weight is 345 g/mol. The Morgan fingerprint density at radius 2 is 1.77 bits per heavy atom. The van der Waals surface area contributed by atoms with Crippen molar-refractivity contribution in [2.75, 3.05) is 20.7 Å². The molecule has 1 aliphatic heterocycles. The molecule has 132 valence electrons. The first-order valence-electron chi connectivity index (χ1n) is 8.96. The van der Waals surface area contributed by atoms with Gasteiger partial charge in [-0.2, -0.15) is 0 Å². The molecular weight excluding hydrogens is 322 g/mol. The third kappa shape index (κ3) is 3.18. The zero-order chi connectivity index (χ0) is 17.9. The van der Waals surface area contributed by atoms with Crippen LogP contribution in [0.4, 0.5) is 0 Å². The maximum atomic E-state index is 6.29. The topological polar surface area (TPSA) is 30.5 Å². The molecular formula is C23H23NO2. The third-order valence-electron chi connectivity index (χ3n) is 4.82. The van der Waals surface area contributed by atoms with Crippen molar-refractivity contribution in [1.29, 1.82) is 0 Å². The van der Waals surface area contributed by atoms with Gasteiger partial charge in [0.2, 0.25) is 0 Å². The first kappa shape index (κ1) is 16.7. The van der Waals surface area contributed by atoms with E-state index in [0.717, 1.165) is 35.6 Å². The van der Waals surface area contributed by atoms with Crippen molar-refractivity contribution in [2.24, 2.45) is 0 Å². The molecule has 1 N–H and O–H groups in total. The summed E-state index contributed by atoms with van der Waals surface area (Å²) < 4.78 is 11.7. The summed E-state index contributed by atoms with van der Waals surface area (Å²) in [5.41, 5.74) is 5.94. The maximum Gasteiger partial charge on any atom is 0.131 e. The molecule has 4 rings (SSSR count). The van der Waals surface area contributed by atoms with Gasteiger partial charge in [0.15, 0.2) is 0 Å². The summed E-state index contributed by atoms with van der Waals surface area (Å²) in [6.07, 6.45) is 1.10. The molecule has 0 bridgehead atoms. The molecule has 0 aromatic heterocycles. The lowest BCUT2D eigenvalue weighted by Crippen LogP contribution is -2.27. The van der Waals surface area contributed by atoms with Crippen LogP contribution in [0.1, 0.15) is 5.56 Å². The van der Waals surface area contributed by atoms with E-state index in [1.54, 1.807) is 7.11 Å². The van der Waals surface area contributed by atoms with Crippen molar-refractivity contribution >= 4 is 0 Å². The molecule has 0 saturated heterocycles. The van der Waals surface area contributed by atoms with Crippen LogP contribution in [-0.2, 0) is 6.42 Å². The number of hydrogen-bond donors (Lipinski definition) is 1. The van der Waals surface area contributed by atoms with E-state index in [1.807, 2.05) is 25.2 Å². The lowest BCUT2D eigenvalue weighted by Gasteiger charge is -2.14. The normalized spacial score (nSPS) is 15.4. The average Bonchev–Trinajstić information content (AvgIpc) is 3.10. The molecule has 0 aliphatic carbocycles. The Hall–Kier alpha value is -2.78. The minimum absolute atomic E-state index is 0.172. The fourth-order valence-corrected chi connectivity index (χ4v) is 3.58. The van der Waals surface area contributed by atoms with Gasteiger partial charge in [-0.25, -0.2) is 0 Å². The lowest BCUT2D eigenvalue weighted by molar-refractivity contribution is 0.232. The second-order valence-electron chi connectivity index (χ2n) is 6.61. The number of benzene rings is 3. The zero-order valence-electron chi connectivity index (χ0n) is 15.2. The minimum Gasteiger partial charge on any atom is -0.497 e. The van der Waals surface area contributed by atoms with Crippen LogP contribution in [0.3, 0.4) is 0 Å². The molecule has 3 nitrogen and oxygen atoms in total. The van der Waals surface area contributed by atoms with Crippen molar-refractivity contribution in [3.05, 3.63) is 72.3 Å². The standard InChI is InChI=1S/C23H23NO2/c1-24-15-21-13-19-11-18(16-7-4-3-5-8-16)14-22(23(19)26-21)17-9-6-10-20(12-17)25-2/h3-12,14,21,24H,13,15H2,1-2H3. The molecule has 1 unspecified atom stereocenters. The Labute approximate surface area is 154 Å². The number of methoxy groups -OCH3 is 1. The van der Waals surface area contributed by atoms with Gasteiger partial charge in [-0.3, -0.25) is 0 Å². The fraction of sp³-hybridized carbons (Fsp3) is 0.217. The highest BCUT2D eigenvalue weighted by atomic mass is 16.5. The first-order chi connectivity index (χ1) is 12.8. The van der Waals surface area contributed by atoms with Crippen LogP contribution >= 0.6 is 0 Å². The van der Waals surface area contributed by atoms with Crippen molar-refractivity contribution < 1.29 is 9.47 Å². The Morgan fingerprint density at radius 1 is 0.962 bits per heavy atom. The molecule has 1 atom stereocenters. The van der Waals surface area contributed by atoms with E-state index in [0.29, 0.717) is 0 Å². The Balaban J connectivity index is 1.85. The van der Waals surface area contributed by atoms with Crippen molar-refractivity contribution in [1.82, 2.24) is 5.32 Å². The summed E-state index contributed by atoms with van der Waals surface area (Å²) in [5, 5.41) is 3.22. The van der Waals surface area contributed by atoms with Crippen LogP contribution in [0.15, 0.2) is 66.7 Å². The van der Waals surface area contributed by atoms with Crippen LogP contribution in [0.25, 0.3) is 22.3 Å². The van der Waals surface area contributed by atoms with E-state index in [9.17, 15) is 0 Å². The molecule has 3 aromatic rings. The third-order valence-corrected chi connectivity index (χ3v) is 4.82. The van der Waals surface area contributed by atoms with Gasteiger partial charge in [0.1, 0.15) is 17.6 Å². The smallest absolute Gasteiger partial charge is 0.131 e. The van der Waals surface area contributed by atoms with E-state index in [2.05, 4.69) is 53.8 Å². The van der Waals surface area contributed by atoms with Gasteiger partial charge in [-0.1, -0.05) is 42.5 Å². The highest BCUT2D eigenvalue weighted by molar-refractivity contribution is 5.80. The number of likely N-dealkylation sites (N-methyl/N-ethyl adjacent to an activating group) is 1. The van der Waals surface area contributed by atoms with Gasteiger partial charge in [0, 0.05) is 18.5 Å². The van der Waals surface area contributed by atoms with E-state index in [4.69, 9.17) is 9.47 Å². The molecule has 26 heavy (non-hydrogen) atoms. The van der Waals surface area contributed by atoms with Gasteiger partial charge in [-0.15, -0.1) is 0 Å².